The number of aromatic nitrogens is 2. The summed E-state index contributed by atoms with van der Waals surface area (Å²) in [6, 6.07) is 5.86. The van der Waals surface area contributed by atoms with Crippen molar-refractivity contribution >= 4 is 5.82 Å². The molecule has 1 saturated carbocycles. The molecule has 2 aromatic heterocycles. The molecular formula is C15H19N3O2. The van der Waals surface area contributed by atoms with E-state index in [-0.39, 0.29) is 0 Å². The van der Waals surface area contributed by atoms with Gasteiger partial charge in [-0.05, 0) is 24.5 Å². The van der Waals surface area contributed by atoms with Crippen molar-refractivity contribution in [2.24, 2.45) is 5.92 Å². The molecule has 0 aliphatic heterocycles. The number of hydrogen-bond donors (Lipinski definition) is 1. The number of rotatable bonds is 5. The summed E-state index contributed by atoms with van der Waals surface area (Å²) in [5, 5.41) is 3.04. The number of anilines is 1. The molecule has 0 saturated heterocycles. The molecule has 0 spiro atoms. The fourth-order valence-corrected chi connectivity index (χ4v) is 2.35. The third-order valence-electron chi connectivity index (χ3n) is 3.65. The van der Waals surface area contributed by atoms with Crippen molar-refractivity contribution in [3.63, 3.8) is 0 Å². The lowest BCUT2D eigenvalue weighted by atomic mass is 10.3. The minimum Gasteiger partial charge on any atom is -0.457 e. The van der Waals surface area contributed by atoms with Crippen molar-refractivity contribution < 1.29 is 9.15 Å². The first-order chi connectivity index (χ1) is 9.71. The average Bonchev–Trinajstić information content (AvgIpc) is 3.00. The Bertz CT molecular complexity index is 609. The van der Waals surface area contributed by atoms with Gasteiger partial charge in [0.2, 0.25) is 0 Å². The van der Waals surface area contributed by atoms with Crippen LogP contribution < -0.4 is 5.32 Å². The molecule has 0 radical (unpaired) electrons. The van der Waals surface area contributed by atoms with Gasteiger partial charge in [-0.2, -0.15) is 0 Å². The highest BCUT2D eigenvalue weighted by molar-refractivity contribution is 5.52. The Balaban J connectivity index is 1.91. The van der Waals surface area contributed by atoms with Gasteiger partial charge < -0.3 is 14.5 Å². The van der Waals surface area contributed by atoms with E-state index in [0.717, 1.165) is 23.2 Å². The number of methoxy groups -OCH3 is 1. The van der Waals surface area contributed by atoms with Crippen LogP contribution in [0.4, 0.5) is 5.82 Å². The maximum absolute atomic E-state index is 5.90. The number of ether oxygens (including phenoxy) is 1. The van der Waals surface area contributed by atoms with Crippen LogP contribution in [0.2, 0.25) is 0 Å². The smallest absolute Gasteiger partial charge is 0.197 e. The second kappa shape index (κ2) is 5.25. The fraction of sp³-hybridized carbons (Fsp3) is 0.467. The summed E-state index contributed by atoms with van der Waals surface area (Å²) < 4.78 is 11.0. The highest BCUT2D eigenvalue weighted by Crippen LogP contribution is 2.47. The van der Waals surface area contributed by atoms with Crippen molar-refractivity contribution in [3.05, 3.63) is 29.7 Å². The highest BCUT2D eigenvalue weighted by Gasteiger charge is 2.36. The second-order valence-electron chi connectivity index (χ2n) is 5.27. The Morgan fingerprint density at radius 3 is 2.85 bits per heavy atom. The lowest BCUT2D eigenvalue weighted by Crippen LogP contribution is -2.01. The van der Waals surface area contributed by atoms with Crippen molar-refractivity contribution in [2.75, 3.05) is 19.5 Å². The topological polar surface area (TPSA) is 60.2 Å². The van der Waals surface area contributed by atoms with Crippen LogP contribution in [0, 0.1) is 5.92 Å². The second-order valence-corrected chi connectivity index (χ2v) is 5.27. The minimum atomic E-state index is 0.456. The molecule has 1 N–H and O–H groups in total. The molecule has 5 nitrogen and oxygen atoms in total. The van der Waals surface area contributed by atoms with Crippen LogP contribution in [0.3, 0.4) is 0 Å². The van der Waals surface area contributed by atoms with Crippen molar-refractivity contribution in [1.29, 1.82) is 0 Å². The maximum Gasteiger partial charge on any atom is 0.197 e. The van der Waals surface area contributed by atoms with E-state index in [1.165, 1.54) is 6.42 Å². The molecule has 0 bridgehead atoms. The molecule has 3 rings (SSSR count). The van der Waals surface area contributed by atoms with Gasteiger partial charge in [-0.15, -0.1) is 0 Å². The van der Waals surface area contributed by atoms with Gasteiger partial charge in [0.05, 0.1) is 12.3 Å². The first-order valence-electron chi connectivity index (χ1n) is 6.86. The van der Waals surface area contributed by atoms with E-state index in [9.17, 15) is 0 Å². The fourth-order valence-electron chi connectivity index (χ4n) is 2.35. The predicted octanol–water partition coefficient (Wildman–Crippen LogP) is 3.05. The van der Waals surface area contributed by atoms with E-state index < -0.39 is 0 Å². The maximum atomic E-state index is 5.90. The highest BCUT2D eigenvalue weighted by atomic mass is 16.5. The Hall–Kier alpha value is -1.88. The van der Waals surface area contributed by atoms with Gasteiger partial charge >= 0.3 is 0 Å². The molecule has 2 unspecified atom stereocenters. The third-order valence-corrected chi connectivity index (χ3v) is 3.65. The van der Waals surface area contributed by atoms with Crippen LogP contribution >= 0.6 is 0 Å². The summed E-state index contributed by atoms with van der Waals surface area (Å²) in [4.78, 5) is 8.93. The van der Waals surface area contributed by atoms with Crippen molar-refractivity contribution in [2.45, 2.75) is 25.9 Å². The third kappa shape index (κ3) is 2.54. The molecule has 1 aliphatic rings. The Morgan fingerprint density at radius 1 is 1.40 bits per heavy atom. The SMILES string of the molecule is CNc1cc(COC)nc(-c2ccc(C3CC3C)o2)n1. The molecule has 2 atom stereocenters. The predicted molar refractivity (Wildman–Crippen MR) is 76.5 cm³/mol. The van der Waals surface area contributed by atoms with E-state index in [2.05, 4.69) is 22.2 Å². The van der Waals surface area contributed by atoms with Gasteiger partial charge in [-0.3, -0.25) is 0 Å². The lowest BCUT2D eigenvalue weighted by Gasteiger charge is -2.05. The first-order valence-corrected chi connectivity index (χ1v) is 6.86. The molecular weight excluding hydrogens is 254 g/mol. The van der Waals surface area contributed by atoms with E-state index in [0.29, 0.717) is 24.1 Å². The molecule has 20 heavy (non-hydrogen) atoms. The summed E-state index contributed by atoms with van der Waals surface area (Å²) in [7, 11) is 3.49. The summed E-state index contributed by atoms with van der Waals surface area (Å²) in [6.07, 6.45) is 1.21. The van der Waals surface area contributed by atoms with Crippen LogP contribution in [-0.4, -0.2) is 24.1 Å². The zero-order valence-corrected chi connectivity index (χ0v) is 12.0. The van der Waals surface area contributed by atoms with Gasteiger partial charge in [-0.25, -0.2) is 9.97 Å². The van der Waals surface area contributed by atoms with Crippen LogP contribution in [0.15, 0.2) is 22.6 Å². The van der Waals surface area contributed by atoms with Crippen LogP contribution in [0.25, 0.3) is 11.6 Å². The number of hydrogen-bond acceptors (Lipinski definition) is 5. The molecule has 1 aliphatic carbocycles. The average molecular weight is 273 g/mol. The first kappa shape index (κ1) is 13.1. The standard InChI is InChI=1S/C15H19N3O2/c1-9-6-11(9)12-4-5-13(20-12)15-17-10(8-19-3)7-14(16-2)18-15/h4-5,7,9,11H,6,8H2,1-3H3,(H,16,17,18). The Morgan fingerprint density at radius 2 is 2.20 bits per heavy atom. The largest absolute Gasteiger partial charge is 0.457 e. The zero-order valence-electron chi connectivity index (χ0n) is 12.0. The monoisotopic (exact) mass is 273 g/mol. The normalized spacial score (nSPS) is 20.9. The van der Waals surface area contributed by atoms with E-state index >= 15 is 0 Å². The Labute approximate surface area is 118 Å². The molecule has 2 aromatic rings. The quantitative estimate of drug-likeness (QED) is 0.907. The molecule has 106 valence electrons. The summed E-state index contributed by atoms with van der Waals surface area (Å²) in [5.74, 6) is 4.41. The van der Waals surface area contributed by atoms with Gasteiger partial charge in [0.25, 0.3) is 0 Å². The van der Waals surface area contributed by atoms with Crippen LogP contribution in [-0.2, 0) is 11.3 Å². The number of nitrogens with one attached hydrogen (secondary N) is 1. The molecule has 1 fully saturated rings. The van der Waals surface area contributed by atoms with Gasteiger partial charge in [0, 0.05) is 26.1 Å². The summed E-state index contributed by atoms with van der Waals surface area (Å²) in [6.45, 7) is 2.69. The van der Waals surface area contributed by atoms with E-state index in [1.807, 2.05) is 25.2 Å². The molecule has 5 heteroatoms. The van der Waals surface area contributed by atoms with Crippen molar-refractivity contribution in [3.8, 4) is 11.6 Å². The number of furan rings is 1. The van der Waals surface area contributed by atoms with E-state index in [1.54, 1.807) is 7.11 Å². The Kier molecular flexibility index (Phi) is 3.44. The summed E-state index contributed by atoms with van der Waals surface area (Å²) >= 11 is 0. The van der Waals surface area contributed by atoms with Crippen LogP contribution in [0.5, 0.6) is 0 Å². The lowest BCUT2D eigenvalue weighted by molar-refractivity contribution is 0.181. The summed E-state index contributed by atoms with van der Waals surface area (Å²) in [5.41, 5.74) is 0.833. The van der Waals surface area contributed by atoms with Gasteiger partial charge in [0.1, 0.15) is 11.6 Å². The van der Waals surface area contributed by atoms with E-state index in [4.69, 9.17) is 9.15 Å². The van der Waals surface area contributed by atoms with Crippen LogP contribution in [0.1, 0.15) is 30.7 Å². The van der Waals surface area contributed by atoms with Gasteiger partial charge in [-0.1, -0.05) is 6.92 Å². The molecule has 0 amide bonds. The zero-order chi connectivity index (χ0) is 14.1. The number of nitrogens with zero attached hydrogens (tertiary/aromatic N) is 2. The minimum absolute atomic E-state index is 0.456. The van der Waals surface area contributed by atoms with Crippen molar-refractivity contribution in [1.82, 2.24) is 9.97 Å². The molecule has 2 heterocycles. The molecule has 0 aromatic carbocycles. The van der Waals surface area contributed by atoms with Gasteiger partial charge in [0.15, 0.2) is 11.6 Å².